The lowest BCUT2D eigenvalue weighted by Gasteiger charge is -2.14. The van der Waals surface area contributed by atoms with Gasteiger partial charge >= 0.3 is 0 Å². The Kier molecular flexibility index (Phi) is 2.95. The topological polar surface area (TPSA) is 33.5 Å². The van der Waals surface area contributed by atoms with Crippen LogP contribution < -0.4 is 4.90 Å². The van der Waals surface area contributed by atoms with Crippen LogP contribution in [0.1, 0.15) is 17.1 Å². The average molecular weight is 253 g/mol. The molecule has 0 aliphatic carbocycles. The van der Waals surface area contributed by atoms with Crippen molar-refractivity contribution in [2.45, 2.75) is 13.3 Å². The number of aryl methyl sites for hydroxylation is 1. The number of carbonyl (C=O) groups excluding carboxylic acids is 1. The van der Waals surface area contributed by atoms with Crippen LogP contribution in [0.15, 0.2) is 46.9 Å². The van der Waals surface area contributed by atoms with E-state index in [0.29, 0.717) is 5.76 Å². The summed E-state index contributed by atoms with van der Waals surface area (Å²) in [5, 5.41) is 0. The molecule has 0 saturated carbocycles. The second kappa shape index (κ2) is 4.76. The number of rotatable bonds is 2. The molecule has 0 bridgehead atoms. The number of hydrogen-bond acceptors (Lipinski definition) is 2. The summed E-state index contributed by atoms with van der Waals surface area (Å²) in [5.41, 5.74) is 2.26. The van der Waals surface area contributed by atoms with Gasteiger partial charge in [-0.25, -0.2) is 0 Å². The van der Waals surface area contributed by atoms with E-state index >= 15 is 0 Å². The van der Waals surface area contributed by atoms with Crippen LogP contribution in [0, 0.1) is 6.92 Å². The molecule has 0 radical (unpaired) electrons. The summed E-state index contributed by atoms with van der Waals surface area (Å²) >= 11 is 0. The minimum atomic E-state index is -0.000923. The Bertz CT molecular complexity index is 640. The second-order valence-corrected chi connectivity index (χ2v) is 4.65. The van der Waals surface area contributed by atoms with Gasteiger partial charge in [0.25, 0.3) is 5.91 Å². The van der Waals surface area contributed by atoms with Crippen LogP contribution in [0.3, 0.4) is 0 Å². The molecule has 1 amide bonds. The van der Waals surface area contributed by atoms with Crippen LogP contribution in [0.2, 0.25) is 0 Å². The van der Waals surface area contributed by atoms with Gasteiger partial charge in [-0.3, -0.25) is 4.79 Å². The van der Waals surface area contributed by atoms with Crippen molar-refractivity contribution in [3.05, 3.63) is 59.6 Å². The van der Waals surface area contributed by atoms with Crippen molar-refractivity contribution in [3.8, 4) is 0 Å². The maximum atomic E-state index is 12.2. The second-order valence-electron chi connectivity index (χ2n) is 4.65. The molecule has 96 valence electrons. The normalized spacial score (nSPS) is 14.1. The maximum Gasteiger partial charge on any atom is 0.251 e. The molecule has 1 aromatic heterocycles. The smallest absolute Gasteiger partial charge is 0.251 e. The molecule has 1 aliphatic heterocycles. The van der Waals surface area contributed by atoms with E-state index in [1.54, 1.807) is 12.2 Å². The average Bonchev–Trinajstić information content (AvgIpc) is 3.02. The van der Waals surface area contributed by atoms with E-state index in [1.165, 1.54) is 5.56 Å². The van der Waals surface area contributed by atoms with Gasteiger partial charge < -0.3 is 9.32 Å². The van der Waals surface area contributed by atoms with Crippen LogP contribution >= 0.6 is 0 Å². The van der Waals surface area contributed by atoms with Crippen molar-refractivity contribution in [1.29, 1.82) is 0 Å². The summed E-state index contributed by atoms with van der Waals surface area (Å²) in [6.07, 6.45) is 4.21. The summed E-state index contributed by atoms with van der Waals surface area (Å²) in [7, 11) is 0. The Labute approximate surface area is 112 Å². The minimum absolute atomic E-state index is 0.000923. The van der Waals surface area contributed by atoms with Gasteiger partial charge in [-0.1, -0.05) is 18.2 Å². The quantitative estimate of drug-likeness (QED) is 0.770. The van der Waals surface area contributed by atoms with Gasteiger partial charge in [-0.15, -0.1) is 0 Å². The van der Waals surface area contributed by atoms with Crippen molar-refractivity contribution in [2.75, 3.05) is 11.4 Å². The Morgan fingerprint density at radius 2 is 2.11 bits per heavy atom. The zero-order valence-electron chi connectivity index (χ0n) is 10.8. The van der Waals surface area contributed by atoms with Gasteiger partial charge in [0, 0.05) is 18.3 Å². The van der Waals surface area contributed by atoms with Gasteiger partial charge in [-0.05, 0) is 43.2 Å². The fraction of sp³-hybridized carbons (Fsp3) is 0.188. The van der Waals surface area contributed by atoms with E-state index in [1.807, 2.05) is 42.2 Å². The Morgan fingerprint density at radius 3 is 2.89 bits per heavy atom. The number of amides is 1. The van der Waals surface area contributed by atoms with Crippen LogP contribution in [-0.2, 0) is 11.2 Å². The first kappa shape index (κ1) is 11.8. The lowest BCUT2D eigenvalue weighted by atomic mass is 10.2. The predicted molar refractivity (Wildman–Crippen MR) is 75.0 cm³/mol. The van der Waals surface area contributed by atoms with Crippen molar-refractivity contribution in [3.63, 3.8) is 0 Å². The van der Waals surface area contributed by atoms with E-state index in [-0.39, 0.29) is 5.91 Å². The van der Waals surface area contributed by atoms with E-state index < -0.39 is 0 Å². The highest BCUT2D eigenvalue weighted by Gasteiger charge is 2.22. The molecule has 3 heteroatoms. The summed E-state index contributed by atoms with van der Waals surface area (Å²) in [5.74, 6) is 1.55. The summed E-state index contributed by atoms with van der Waals surface area (Å²) in [6.45, 7) is 2.63. The number of furan rings is 1. The molecule has 2 heterocycles. The molecular formula is C16H15NO2. The monoisotopic (exact) mass is 253 g/mol. The molecular weight excluding hydrogens is 238 g/mol. The van der Waals surface area contributed by atoms with Crippen LogP contribution in [0.25, 0.3) is 6.08 Å². The number of hydrogen-bond donors (Lipinski definition) is 0. The van der Waals surface area contributed by atoms with Gasteiger partial charge in [0.15, 0.2) is 0 Å². The highest BCUT2D eigenvalue weighted by Crippen LogP contribution is 2.27. The molecule has 1 aliphatic rings. The van der Waals surface area contributed by atoms with E-state index in [9.17, 15) is 4.79 Å². The fourth-order valence-corrected chi connectivity index (χ4v) is 2.35. The molecule has 1 aromatic carbocycles. The zero-order valence-corrected chi connectivity index (χ0v) is 10.8. The molecule has 0 atom stereocenters. The number of fused-ring (bicyclic) bond motifs is 1. The molecule has 0 saturated heterocycles. The molecule has 0 N–H and O–H groups in total. The molecule has 0 unspecified atom stereocenters. The first-order valence-corrected chi connectivity index (χ1v) is 6.38. The van der Waals surface area contributed by atoms with E-state index in [2.05, 4.69) is 6.07 Å². The number of benzene rings is 1. The largest absolute Gasteiger partial charge is 0.462 e. The van der Waals surface area contributed by atoms with Gasteiger partial charge in [0.1, 0.15) is 11.5 Å². The van der Waals surface area contributed by atoms with Crippen LogP contribution in [0.4, 0.5) is 5.69 Å². The number of para-hydroxylation sites is 1. The van der Waals surface area contributed by atoms with Gasteiger partial charge in [0.05, 0.1) is 0 Å². The lowest BCUT2D eigenvalue weighted by molar-refractivity contribution is -0.114. The Hall–Kier alpha value is -2.29. The predicted octanol–water partition coefficient (Wildman–Crippen LogP) is 3.19. The van der Waals surface area contributed by atoms with Crippen LogP contribution in [0.5, 0.6) is 0 Å². The van der Waals surface area contributed by atoms with Crippen molar-refractivity contribution in [1.82, 2.24) is 0 Å². The first-order chi connectivity index (χ1) is 9.24. The molecule has 3 rings (SSSR count). The van der Waals surface area contributed by atoms with Crippen molar-refractivity contribution in [2.24, 2.45) is 0 Å². The first-order valence-electron chi connectivity index (χ1n) is 6.38. The molecule has 0 spiro atoms. The molecule has 2 aromatic rings. The van der Waals surface area contributed by atoms with Gasteiger partial charge in [0.2, 0.25) is 0 Å². The fourth-order valence-electron chi connectivity index (χ4n) is 2.35. The SMILES string of the molecule is Cc1ccc(C=CC(=O)N2CCc3ccccc32)o1. The zero-order chi connectivity index (χ0) is 13.2. The number of nitrogens with zero attached hydrogens (tertiary/aromatic N) is 1. The molecule has 0 fully saturated rings. The molecule has 3 nitrogen and oxygen atoms in total. The standard InChI is InChI=1S/C16H15NO2/c1-12-6-7-14(19-12)8-9-16(18)17-11-10-13-4-2-3-5-15(13)17/h2-9H,10-11H2,1H3. The highest BCUT2D eigenvalue weighted by molar-refractivity contribution is 6.04. The summed E-state index contributed by atoms with van der Waals surface area (Å²) in [6, 6.07) is 11.8. The molecule has 19 heavy (non-hydrogen) atoms. The maximum absolute atomic E-state index is 12.2. The minimum Gasteiger partial charge on any atom is -0.462 e. The highest BCUT2D eigenvalue weighted by atomic mass is 16.3. The third kappa shape index (κ3) is 2.32. The third-order valence-corrected chi connectivity index (χ3v) is 3.30. The van der Waals surface area contributed by atoms with Crippen molar-refractivity contribution < 1.29 is 9.21 Å². The third-order valence-electron chi connectivity index (χ3n) is 3.30. The summed E-state index contributed by atoms with van der Waals surface area (Å²) in [4.78, 5) is 14.0. The Morgan fingerprint density at radius 1 is 1.26 bits per heavy atom. The Balaban J connectivity index is 1.77. The van der Waals surface area contributed by atoms with Crippen LogP contribution in [-0.4, -0.2) is 12.5 Å². The number of anilines is 1. The lowest BCUT2D eigenvalue weighted by Crippen LogP contribution is -2.26. The van der Waals surface area contributed by atoms with Gasteiger partial charge in [-0.2, -0.15) is 0 Å². The number of carbonyl (C=O) groups is 1. The van der Waals surface area contributed by atoms with Crippen molar-refractivity contribution >= 4 is 17.7 Å². The van der Waals surface area contributed by atoms with E-state index in [4.69, 9.17) is 4.42 Å². The van der Waals surface area contributed by atoms with E-state index in [0.717, 1.165) is 24.4 Å². The summed E-state index contributed by atoms with van der Waals surface area (Å²) < 4.78 is 5.41.